The molecule has 2 aromatic rings. The summed E-state index contributed by atoms with van der Waals surface area (Å²) in [6, 6.07) is 14.7. The third kappa shape index (κ3) is 3.94. The van der Waals surface area contributed by atoms with Gasteiger partial charge in [-0.3, -0.25) is 4.57 Å². The van der Waals surface area contributed by atoms with Crippen LogP contribution in [0.2, 0.25) is 0 Å². The zero-order chi connectivity index (χ0) is 14.6. The van der Waals surface area contributed by atoms with Gasteiger partial charge in [-0.2, -0.15) is 0 Å². The van der Waals surface area contributed by atoms with Crippen molar-refractivity contribution in [2.24, 2.45) is 0 Å². The average molecular weight is 292 g/mol. The van der Waals surface area contributed by atoms with Crippen LogP contribution in [0.25, 0.3) is 11.1 Å². The summed E-state index contributed by atoms with van der Waals surface area (Å²) in [5.74, 6) is 0.236. The van der Waals surface area contributed by atoms with E-state index in [0.717, 1.165) is 16.7 Å². The molecule has 1 atom stereocenters. The maximum Gasteiger partial charge on any atom is 0.327 e. The number of hydrogen-bond acceptors (Lipinski definition) is 4. The molecule has 5 heteroatoms. The molecule has 0 fully saturated rings. The molecule has 0 amide bonds. The van der Waals surface area contributed by atoms with Gasteiger partial charge in [-0.1, -0.05) is 30.3 Å². The van der Waals surface area contributed by atoms with E-state index in [1.54, 1.807) is 12.1 Å². The van der Waals surface area contributed by atoms with Gasteiger partial charge in [0.25, 0.3) is 0 Å². The number of phenolic OH excluding ortho intramolecular Hbond substituents is 1. The minimum Gasteiger partial charge on any atom is -0.508 e. The molecule has 2 rings (SSSR count). The normalized spacial score (nSPS) is 13.9. The molecule has 0 saturated heterocycles. The highest BCUT2D eigenvalue weighted by atomic mass is 31.2. The van der Waals surface area contributed by atoms with Crippen molar-refractivity contribution >= 4 is 7.60 Å². The Bertz CT molecular complexity index is 622. The van der Waals surface area contributed by atoms with Crippen LogP contribution in [0.15, 0.2) is 48.5 Å². The molecule has 0 aromatic heterocycles. The molecule has 106 valence electrons. The number of rotatable bonds is 5. The third-order valence-electron chi connectivity index (χ3n) is 2.92. The zero-order valence-electron chi connectivity index (χ0n) is 11.4. The Morgan fingerprint density at radius 1 is 1.10 bits per heavy atom. The van der Waals surface area contributed by atoms with Crippen molar-refractivity contribution in [3.8, 4) is 16.9 Å². The summed E-state index contributed by atoms with van der Waals surface area (Å²) in [4.78, 5) is 0. The summed E-state index contributed by atoms with van der Waals surface area (Å²) < 4.78 is 21.7. The van der Waals surface area contributed by atoms with Gasteiger partial charge < -0.3 is 14.2 Å². The predicted molar refractivity (Wildman–Crippen MR) is 78.9 cm³/mol. The molecule has 20 heavy (non-hydrogen) atoms. The molecule has 1 unspecified atom stereocenters. The molecule has 2 aromatic carbocycles. The van der Waals surface area contributed by atoms with E-state index in [4.69, 9.17) is 9.05 Å². The van der Waals surface area contributed by atoms with Crippen LogP contribution in [0.5, 0.6) is 5.75 Å². The second-order valence-electron chi connectivity index (χ2n) is 4.47. The molecular formula is C15H17O4P. The smallest absolute Gasteiger partial charge is 0.327 e. The summed E-state index contributed by atoms with van der Waals surface area (Å²) >= 11 is 0. The Balaban J connectivity index is 2.16. The fourth-order valence-electron chi connectivity index (χ4n) is 1.74. The van der Waals surface area contributed by atoms with Crippen molar-refractivity contribution in [1.29, 1.82) is 0 Å². The van der Waals surface area contributed by atoms with Crippen LogP contribution in [0, 0.1) is 0 Å². The standard InChI is InChI=1S/C15H17O4P/c1-18-20(2,17)19-11-12-4-3-5-14(10-12)13-6-8-15(16)9-7-13/h3-10,16H,11H2,1-2H3. The quantitative estimate of drug-likeness (QED) is 0.845. The highest BCUT2D eigenvalue weighted by Crippen LogP contribution is 2.43. The fraction of sp³-hybridized carbons (Fsp3) is 0.200. The van der Waals surface area contributed by atoms with Gasteiger partial charge >= 0.3 is 7.60 Å². The molecule has 0 heterocycles. The molecule has 4 nitrogen and oxygen atoms in total. The Hall–Kier alpha value is -1.61. The van der Waals surface area contributed by atoms with Gasteiger partial charge in [-0.15, -0.1) is 0 Å². The van der Waals surface area contributed by atoms with Gasteiger partial charge in [0.15, 0.2) is 0 Å². The van der Waals surface area contributed by atoms with Gasteiger partial charge in [0.05, 0.1) is 6.61 Å². The molecule has 0 aliphatic rings. The molecule has 0 saturated carbocycles. The Labute approximate surface area is 118 Å². The van der Waals surface area contributed by atoms with Crippen molar-refractivity contribution in [3.05, 3.63) is 54.1 Å². The summed E-state index contributed by atoms with van der Waals surface area (Å²) in [6.45, 7) is 1.67. The average Bonchev–Trinajstić information content (AvgIpc) is 2.46. The first-order valence-corrected chi connectivity index (χ1v) is 8.15. The first-order valence-electron chi connectivity index (χ1n) is 6.16. The summed E-state index contributed by atoms with van der Waals surface area (Å²) in [5, 5.41) is 9.29. The van der Waals surface area contributed by atoms with Gasteiger partial charge in [0.2, 0.25) is 0 Å². The van der Waals surface area contributed by atoms with Crippen molar-refractivity contribution in [3.63, 3.8) is 0 Å². The molecule has 1 N–H and O–H groups in total. The first-order chi connectivity index (χ1) is 9.50. The van der Waals surface area contributed by atoms with Gasteiger partial charge in [-0.05, 0) is 34.9 Å². The number of benzene rings is 2. The Morgan fingerprint density at radius 2 is 1.80 bits per heavy atom. The highest BCUT2D eigenvalue weighted by molar-refractivity contribution is 7.52. The lowest BCUT2D eigenvalue weighted by molar-refractivity contribution is 0.230. The van der Waals surface area contributed by atoms with Crippen LogP contribution in [-0.2, 0) is 20.2 Å². The number of aromatic hydroxyl groups is 1. The first kappa shape index (κ1) is 14.8. The van der Waals surface area contributed by atoms with Crippen LogP contribution in [0.1, 0.15) is 5.56 Å². The molecule has 0 aliphatic carbocycles. The second-order valence-corrected chi connectivity index (χ2v) is 6.64. The van der Waals surface area contributed by atoms with E-state index in [1.165, 1.54) is 13.8 Å². The van der Waals surface area contributed by atoms with Crippen molar-refractivity contribution in [2.45, 2.75) is 6.61 Å². The second kappa shape index (κ2) is 6.23. The van der Waals surface area contributed by atoms with E-state index in [9.17, 15) is 9.67 Å². The van der Waals surface area contributed by atoms with E-state index in [2.05, 4.69) is 0 Å². The largest absolute Gasteiger partial charge is 0.508 e. The molecule has 0 spiro atoms. The minimum atomic E-state index is -2.97. The van der Waals surface area contributed by atoms with E-state index >= 15 is 0 Å². The van der Waals surface area contributed by atoms with E-state index < -0.39 is 7.60 Å². The minimum absolute atomic E-state index is 0.230. The lowest BCUT2D eigenvalue weighted by atomic mass is 10.0. The van der Waals surface area contributed by atoms with Crippen LogP contribution in [-0.4, -0.2) is 18.9 Å². The van der Waals surface area contributed by atoms with Crippen molar-refractivity contribution in [1.82, 2.24) is 0 Å². The topological polar surface area (TPSA) is 55.8 Å². The van der Waals surface area contributed by atoms with Gasteiger partial charge in [0, 0.05) is 13.8 Å². The monoisotopic (exact) mass is 292 g/mol. The van der Waals surface area contributed by atoms with Crippen molar-refractivity contribution in [2.75, 3.05) is 13.8 Å². The lowest BCUT2D eigenvalue weighted by Gasteiger charge is -2.12. The van der Waals surface area contributed by atoms with E-state index in [0.29, 0.717) is 0 Å². The summed E-state index contributed by atoms with van der Waals surface area (Å²) in [7, 11) is -1.60. The predicted octanol–water partition coefficient (Wildman–Crippen LogP) is 4.05. The Morgan fingerprint density at radius 3 is 2.45 bits per heavy atom. The summed E-state index contributed by atoms with van der Waals surface area (Å²) in [6.07, 6.45) is 0. The Kier molecular flexibility index (Phi) is 4.61. The van der Waals surface area contributed by atoms with E-state index in [1.807, 2.05) is 36.4 Å². The summed E-state index contributed by atoms with van der Waals surface area (Å²) in [5.41, 5.74) is 2.92. The zero-order valence-corrected chi connectivity index (χ0v) is 12.3. The van der Waals surface area contributed by atoms with Crippen molar-refractivity contribution < 1.29 is 18.7 Å². The van der Waals surface area contributed by atoms with Crippen LogP contribution < -0.4 is 0 Å². The van der Waals surface area contributed by atoms with Gasteiger partial charge in [0.1, 0.15) is 5.75 Å². The van der Waals surface area contributed by atoms with Crippen LogP contribution in [0.3, 0.4) is 0 Å². The van der Waals surface area contributed by atoms with E-state index in [-0.39, 0.29) is 12.4 Å². The maximum absolute atomic E-state index is 11.7. The van der Waals surface area contributed by atoms with Crippen LogP contribution in [0.4, 0.5) is 0 Å². The SMILES string of the molecule is COP(C)(=O)OCc1cccc(-c2ccc(O)cc2)c1. The number of phenols is 1. The number of hydrogen-bond donors (Lipinski definition) is 1. The van der Waals surface area contributed by atoms with Crippen LogP contribution >= 0.6 is 7.60 Å². The molecule has 0 aliphatic heterocycles. The molecule has 0 bridgehead atoms. The fourth-order valence-corrected chi connectivity index (χ4v) is 2.23. The van der Waals surface area contributed by atoms with Gasteiger partial charge in [-0.25, -0.2) is 0 Å². The molecular weight excluding hydrogens is 275 g/mol. The maximum atomic E-state index is 11.7. The third-order valence-corrected chi connectivity index (χ3v) is 4.19. The highest BCUT2D eigenvalue weighted by Gasteiger charge is 2.14. The molecule has 0 radical (unpaired) electrons. The lowest BCUT2D eigenvalue weighted by Crippen LogP contribution is -1.93.